The van der Waals surface area contributed by atoms with Crippen LogP contribution in [0.3, 0.4) is 0 Å². The number of hydrogen-bond acceptors (Lipinski definition) is 3. The molecule has 2 heterocycles. The normalized spacial score (nSPS) is 28.0. The van der Waals surface area contributed by atoms with Crippen molar-refractivity contribution in [2.75, 3.05) is 33.3 Å². The molecule has 0 amide bonds. The highest BCUT2D eigenvalue weighted by Crippen LogP contribution is 2.44. The lowest BCUT2D eigenvalue weighted by atomic mass is 9.72. The molecule has 3 atom stereocenters. The van der Waals surface area contributed by atoms with Crippen molar-refractivity contribution in [3.8, 4) is 0 Å². The van der Waals surface area contributed by atoms with E-state index in [4.69, 9.17) is 5.11 Å². The molecule has 118 valence electrons. The number of H-pyrrole nitrogens is 1. The first kappa shape index (κ1) is 14.2. The van der Waals surface area contributed by atoms with Crippen LogP contribution in [-0.2, 0) is 6.42 Å². The molecule has 1 fully saturated rings. The highest BCUT2D eigenvalue weighted by Gasteiger charge is 2.39. The zero-order valence-electron chi connectivity index (χ0n) is 13.2. The topological polar surface area (TPSA) is 51.3 Å². The number of benzene rings is 1. The molecule has 1 unspecified atom stereocenters. The Balaban J connectivity index is 1.63. The van der Waals surface area contributed by atoms with E-state index >= 15 is 0 Å². The molecular formula is C18H25N3O. The zero-order chi connectivity index (χ0) is 15.1. The van der Waals surface area contributed by atoms with E-state index < -0.39 is 0 Å². The third-order valence-electron chi connectivity index (χ3n) is 5.53. The molecule has 2 aliphatic rings. The van der Waals surface area contributed by atoms with Crippen LogP contribution in [0, 0.1) is 5.92 Å². The van der Waals surface area contributed by atoms with E-state index in [1.807, 2.05) is 0 Å². The Hall–Kier alpha value is -1.36. The van der Waals surface area contributed by atoms with Crippen molar-refractivity contribution in [1.29, 1.82) is 0 Å². The molecule has 1 aromatic heterocycles. The maximum absolute atomic E-state index is 8.95. The maximum Gasteiger partial charge on any atom is 0.0555 e. The molecule has 0 bridgehead atoms. The summed E-state index contributed by atoms with van der Waals surface area (Å²) in [7, 11) is 2.27. The van der Waals surface area contributed by atoms with Gasteiger partial charge in [-0.2, -0.15) is 0 Å². The number of aromatic amines is 1. The minimum atomic E-state index is 0.223. The van der Waals surface area contributed by atoms with Gasteiger partial charge in [0.2, 0.25) is 0 Å². The summed E-state index contributed by atoms with van der Waals surface area (Å²) in [6, 6.07) is 7.33. The summed E-state index contributed by atoms with van der Waals surface area (Å²) >= 11 is 0. The van der Waals surface area contributed by atoms with Crippen LogP contribution in [0.1, 0.15) is 23.5 Å². The number of fused-ring (bicyclic) bond motifs is 2. The van der Waals surface area contributed by atoms with Crippen LogP contribution in [0.15, 0.2) is 24.4 Å². The van der Waals surface area contributed by atoms with E-state index in [1.54, 1.807) is 0 Å². The molecule has 0 radical (unpaired) electrons. The van der Waals surface area contributed by atoms with Crippen molar-refractivity contribution >= 4 is 10.9 Å². The first-order valence-electron chi connectivity index (χ1n) is 8.38. The van der Waals surface area contributed by atoms with Crippen molar-refractivity contribution in [1.82, 2.24) is 15.2 Å². The number of likely N-dealkylation sites (N-methyl/N-ethyl adjacent to an activating group) is 1. The van der Waals surface area contributed by atoms with E-state index in [9.17, 15) is 0 Å². The van der Waals surface area contributed by atoms with Gasteiger partial charge >= 0.3 is 0 Å². The third kappa shape index (κ3) is 2.26. The maximum atomic E-state index is 8.95. The van der Waals surface area contributed by atoms with E-state index in [0.717, 1.165) is 19.5 Å². The Morgan fingerprint density at radius 1 is 1.41 bits per heavy atom. The lowest BCUT2D eigenvalue weighted by molar-refractivity contribution is 0.110. The van der Waals surface area contributed by atoms with Crippen LogP contribution in [0.4, 0.5) is 0 Å². The average Bonchev–Trinajstić information content (AvgIpc) is 2.94. The van der Waals surface area contributed by atoms with Gasteiger partial charge in [0.25, 0.3) is 0 Å². The van der Waals surface area contributed by atoms with Gasteiger partial charge in [0.05, 0.1) is 6.61 Å². The van der Waals surface area contributed by atoms with Gasteiger partial charge in [-0.25, -0.2) is 0 Å². The summed E-state index contributed by atoms with van der Waals surface area (Å²) in [5, 5.41) is 13.8. The predicted octanol–water partition coefficient (Wildman–Crippen LogP) is 1.71. The fourth-order valence-electron chi connectivity index (χ4n) is 4.59. The number of nitrogens with zero attached hydrogens (tertiary/aromatic N) is 1. The van der Waals surface area contributed by atoms with Gasteiger partial charge in [-0.05, 0) is 49.5 Å². The Labute approximate surface area is 131 Å². The minimum Gasteiger partial charge on any atom is -0.395 e. The number of aliphatic hydroxyl groups excluding tert-OH is 1. The summed E-state index contributed by atoms with van der Waals surface area (Å²) in [4.78, 5) is 5.99. The van der Waals surface area contributed by atoms with Crippen LogP contribution >= 0.6 is 0 Å². The van der Waals surface area contributed by atoms with E-state index in [2.05, 4.69) is 46.6 Å². The number of piperidine rings is 1. The average molecular weight is 299 g/mol. The predicted molar refractivity (Wildman–Crippen MR) is 89.2 cm³/mol. The third-order valence-corrected chi connectivity index (χ3v) is 5.53. The Morgan fingerprint density at radius 2 is 2.32 bits per heavy atom. The van der Waals surface area contributed by atoms with Crippen molar-refractivity contribution in [2.24, 2.45) is 5.92 Å². The standard InChI is InChI=1S/C18H25N3O/c1-21-11-12(9-19-5-6-22)7-15-14-3-2-4-16-18(14)13(10-20-16)8-17(15)21/h2-4,10,12,15,17,19-20,22H,5-9,11H2,1H3/t12?,15-,17-/m1/s1. The highest BCUT2D eigenvalue weighted by atomic mass is 16.3. The van der Waals surface area contributed by atoms with Crippen molar-refractivity contribution in [2.45, 2.75) is 24.8 Å². The molecule has 1 aromatic carbocycles. The second-order valence-corrected chi connectivity index (χ2v) is 6.93. The number of hydrogen-bond donors (Lipinski definition) is 3. The summed E-state index contributed by atoms with van der Waals surface area (Å²) in [5.74, 6) is 1.29. The fraction of sp³-hybridized carbons (Fsp3) is 0.556. The van der Waals surface area contributed by atoms with Crippen LogP contribution < -0.4 is 5.32 Å². The SMILES string of the molecule is CN1CC(CNCCO)C[C@@H]2c3cccc4[nH]cc(c34)C[C@H]21. The molecular weight excluding hydrogens is 274 g/mol. The second kappa shape index (κ2) is 5.69. The van der Waals surface area contributed by atoms with E-state index in [0.29, 0.717) is 24.4 Å². The molecule has 1 saturated heterocycles. The molecule has 22 heavy (non-hydrogen) atoms. The first-order valence-corrected chi connectivity index (χ1v) is 8.38. The number of rotatable bonds is 4. The molecule has 4 nitrogen and oxygen atoms in total. The molecule has 3 N–H and O–H groups in total. The van der Waals surface area contributed by atoms with E-state index in [-0.39, 0.29) is 6.61 Å². The number of aliphatic hydroxyl groups is 1. The Morgan fingerprint density at radius 3 is 3.18 bits per heavy atom. The zero-order valence-corrected chi connectivity index (χ0v) is 13.2. The number of nitrogens with one attached hydrogen (secondary N) is 2. The molecule has 4 heteroatoms. The van der Waals surface area contributed by atoms with Crippen LogP contribution in [0.5, 0.6) is 0 Å². The van der Waals surface area contributed by atoms with Crippen LogP contribution in [-0.4, -0.2) is 54.3 Å². The van der Waals surface area contributed by atoms with E-state index in [1.165, 1.54) is 28.5 Å². The molecule has 0 saturated carbocycles. The van der Waals surface area contributed by atoms with Gasteiger partial charge in [-0.15, -0.1) is 0 Å². The van der Waals surface area contributed by atoms with Crippen molar-refractivity contribution in [3.05, 3.63) is 35.5 Å². The van der Waals surface area contributed by atoms with Gasteiger partial charge in [0, 0.05) is 42.1 Å². The lowest BCUT2D eigenvalue weighted by Crippen LogP contribution is -2.49. The quantitative estimate of drug-likeness (QED) is 0.753. The molecule has 0 spiro atoms. The lowest BCUT2D eigenvalue weighted by Gasteiger charge is -2.45. The summed E-state index contributed by atoms with van der Waals surface area (Å²) in [6.45, 7) is 3.08. The molecule has 4 rings (SSSR count). The van der Waals surface area contributed by atoms with Gasteiger partial charge in [-0.1, -0.05) is 12.1 Å². The molecule has 1 aliphatic carbocycles. The second-order valence-electron chi connectivity index (χ2n) is 6.93. The summed E-state index contributed by atoms with van der Waals surface area (Å²) in [6.07, 6.45) is 4.61. The van der Waals surface area contributed by atoms with Crippen LogP contribution in [0.25, 0.3) is 10.9 Å². The Kier molecular flexibility index (Phi) is 3.68. The van der Waals surface area contributed by atoms with Crippen molar-refractivity contribution in [3.63, 3.8) is 0 Å². The molecule has 2 aromatic rings. The van der Waals surface area contributed by atoms with Gasteiger partial charge in [-0.3, -0.25) is 0 Å². The number of likely N-dealkylation sites (tertiary alicyclic amines) is 1. The minimum absolute atomic E-state index is 0.223. The fourth-order valence-corrected chi connectivity index (χ4v) is 4.59. The monoisotopic (exact) mass is 299 g/mol. The van der Waals surface area contributed by atoms with Crippen LogP contribution in [0.2, 0.25) is 0 Å². The number of aromatic nitrogens is 1. The van der Waals surface area contributed by atoms with Gasteiger partial charge in [0.1, 0.15) is 0 Å². The molecule has 1 aliphatic heterocycles. The smallest absolute Gasteiger partial charge is 0.0555 e. The van der Waals surface area contributed by atoms with Gasteiger partial charge in [0.15, 0.2) is 0 Å². The summed E-state index contributed by atoms with van der Waals surface area (Å²) < 4.78 is 0. The van der Waals surface area contributed by atoms with Crippen molar-refractivity contribution < 1.29 is 5.11 Å². The Bertz CT molecular complexity index is 665. The van der Waals surface area contributed by atoms with Gasteiger partial charge < -0.3 is 20.3 Å². The first-order chi connectivity index (χ1) is 10.8. The summed E-state index contributed by atoms with van der Waals surface area (Å²) in [5.41, 5.74) is 4.30. The highest BCUT2D eigenvalue weighted by molar-refractivity contribution is 5.88. The largest absolute Gasteiger partial charge is 0.395 e.